The molecule has 10 heteroatoms. The standard InChI is InChI=1S/C22H13F2N3O5/c23-13-7-8-17(15(24)11-13)26-19(16-6-1-2-9-25-16)18(21(29)22(26)30)20(28)12-4-3-5-14(10-12)27(31)32/h1-11,19,28H/b20-18+. The van der Waals surface area contributed by atoms with E-state index in [9.17, 15) is 33.6 Å². The average molecular weight is 437 g/mol. The molecule has 32 heavy (non-hydrogen) atoms. The van der Waals surface area contributed by atoms with E-state index in [1.807, 2.05) is 0 Å². The Hall–Kier alpha value is -4.47. The van der Waals surface area contributed by atoms with Gasteiger partial charge in [0.15, 0.2) is 0 Å². The number of carbonyl (C=O) groups excluding carboxylic acids is 2. The lowest BCUT2D eigenvalue weighted by Gasteiger charge is -2.24. The molecule has 0 aliphatic carbocycles. The van der Waals surface area contributed by atoms with Gasteiger partial charge in [-0.25, -0.2) is 8.78 Å². The number of Topliss-reactive ketones (excluding diaryl/α,β-unsaturated/α-hetero) is 1. The van der Waals surface area contributed by atoms with Gasteiger partial charge in [-0.05, 0) is 24.3 Å². The number of rotatable bonds is 4. The first-order chi connectivity index (χ1) is 15.3. The Labute approximate surface area is 179 Å². The van der Waals surface area contributed by atoms with E-state index in [2.05, 4.69) is 4.98 Å². The van der Waals surface area contributed by atoms with Crippen molar-refractivity contribution in [3.05, 3.63) is 105 Å². The number of aliphatic hydroxyl groups is 1. The first kappa shape index (κ1) is 20.8. The number of nitro benzene ring substituents is 1. The van der Waals surface area contributed by atoms with Gasteiger partial charge >= 0.3 is 0 Å². The molecule has 1 unspecified atom stereocenters. The van der Waals surface area contributed by atoms with Crippen molar-refractivity contribution in [3.63, 3.8) is 0 Å². The summed E-state index contributed by atoms with van der Waals surface area (Å²) >= 11 is 0. The van der Waals surface area contributed by atoms with Crippen molar-refractivity contribution in [1.82, 2.24) is 4.98 Å². The van der Waals surface area contributed by atoms with Crippen LogP contribution < -0.4 is 4.90 Å². The molecule has 0 spiro atoms. The van der Waals surface area contributed by atoms with Crippen LogP contribution in [0.2, 0.25) is 0 Å². The lowest BCUT2D eigenvalue weighted by atomic mass is 9.98. The molecule has 2 aromatic carbocycles. The topological polar surface area (TPSA) is 114 Å². The Morgan fingerprint density at radius 2 is 1.84 bits per heavy atom. The molecule has 1 amide bonds. The summed E-state index contributed by atoms with van der Waals surface area (Å²) in [7, 11) is 0. The number of anilines is 1. The van der Waals surface area contributed by atoms with E-state index < -0.39 is 45.6 Å². The third kappa shape index (κ3) is 3.47. The molecule has 0 radical (unpaired) electrons. The Balaban J connectivity index is 1.96. The van der Waals surface area contributed by atoms with Gasteiger partial charge in [-0.15, -0.1) is 0 Å². The van der Waals surface area contributed by atoms with Crippen LogP contribution in [0.5, 0.6) is 0 Å². The number of non-ortho nitro benzene ring substituents is 1. The molecule has 1 N–H and O–H groups in total. The molecule has 1 aliphatic rings. The first-order valence-electron chi connectivity index (χ1n) is 9.21. The lowest BCUT2D eigenvalue weighted by molar-refractivity contribution is -0.384. The number of carbonyl (C=O) groups is 2. The zero-order valence-electron chi connectivity index (χ0n) is 16.1. The number of ketones is 1. The number of amides is 1. The summed E-state index contributed by atoms with van der Waals surface area (Å²) in [6.07, 6.45) is 1.38. The molecule has 1 saturated heterocycles. The highest BCUT2D eigenvalue weighted by molar-refractivity contribution is 6.51. The van der Waals surface area contributed by atoms with Crippen LogP contribution in [-0.4, -0.2) is 26.7 Å². The van der Waals surface area contributed by atoms with Crippen molar-refractivity contribution in [3.8, 4) is 0 Å². The normalized spacial score (nSPS) is 17.6. The smallest absolute Gasteiger partial charge is 0.300 e. The predicted octanol–water partition coefficient (Wildman–Crippen LogP) is 3.89. The molecule has 0 bridgehead atoms. The zero-order chi connectivity index (χ0) is 23.0. The van der Waals surface area contributed by atoms with E-state index in [0.717, 1.165) is 23.1 Å². The number of aliphatic hydroxyl groups excluding tert-OH is 1. The second-order valence-electron chi connectivity index (χ2n) is 6.83. The van der Waals surface area contributed by atoms with Crippen molar-refractivity contribution >= 4 is 28.8 Å². The molecule has 1 fully saturated rings. The van der Waals surface area contributed by atoms with Gasteiger partial charge in [0.1, 0.15) is 23.4 Å². The van der Waals surface area contributed by atoms with Gasteiger partial charge in [0.05, 0.1) is 21.9 Å². The van der Waals surface area contributed by atoms with Crippen molar-refractivity contribution in [2.24, 2.45) is 0 Å². The van der Waals surface area contributed by atoms with Gasteiger partial charge in [0, 0.05) is 30.0 Å². The average Bonchev–Trinajstić information content (AvgIpc) is 3.04. The van der Waals surface area contributed by atoms with Crippen LogP contribution in [-0.2, 0) is 9.59 Å². The number of hydrogen-bond acceptors (Lipinski definition) is 6. The fraction of sp³-hybridized carbons (Fsp3) is 0.0455. The first-order valence-corrected chi connectivity index (χ1v) is 9.21. The molecule has 1 atom stereocenters. The molecule has 3 aromatic rings. The van der Waals surface area contributed by atoms with Crippen molar-refractivity contribution in [2.75, 3.05) is 4.90 Å². The lowest BCUT2D eigenvalue weighted by Crippen LogP contribution is -2.30. The Morgan fingerprint density at radius 3 is 2.50 bits per heavy atom. The number of benzene rings is 2. The number of pyridine rings is 1. The molecule has 1 aliphatic heterocycles. The quantitative estimate of drug-likeness (QED) is 0.218. The molecule has 1 aromatic heterocycles. The van der Waals surface area contributed by atoms with Crippen molar-refractivity contribution < 1.29 is 28.4 Å². The summed E-state index contributed by atoms with van der Waals surface area (Å²) in [5.74, 6) is -4.98. The van der Waals surface area contributed by atoms with Gasteiger partial charge in [0.25, 0.3) is 17.4 Å². The minimum absolute atomic E-state index is 0.0855. The molecule has 4 rings (SSSR count). The van der Waals surface area contributed by atoms with Crippen LogP contribution in [0.25, 0.3) is 5.76 Å². The number of aromatic nitrogens is 1. The number of nitro groups is 1. The molecule has 160 valence electrons. The van der Waals surface area contributed by atoms with Crippen LogP contribution in [0.3, 0.4) is 0 Å². The Morgan fingerprint density at radius 1 is 1.06 bits per heavy atom. The maximum absolute atomic E-state index is 14.6. The summed E-state index contributed by atoms with van der Waals surface area (Å²) < 4.78 is 28.0. The largest absolute Gasteiger partial charge is 0.507 e. The summed E-state index contributed by atoms with van der Waals surface area (Å²) in [5.41, 5.74) is -1.12. The fourth-order valence-corrected chi connectivity index (χ4v) is 3.50. The fourth-order valence-electron chi connectivity index (χ4n) is 3.50. The number of hydrogen-bond donors (Lipinski definition) is 1. The highest BCUT2D eigenvalue weighted by Crippen LogP contribution is 2.42. The van der Waals surface area contributed by atoms with Gasteiger partial charge in [-0.3, -0.25) is 29.6 Å². The second-order valence-corrected chi connectivity index (χ2v) is 6.83. The van der Waals surface area contributed by atoms with Crippen LogP contribution in [0.4, 0.5) is 20.2 Å². The van der Waals surface area contributed by atoms with Gasteiger partial charge in [-0.2, -0.15) is 0 Å². The van der Waals surface area contributed by atoms with E-state index in [-0.39, 0.29) is 22.6 Å². The predicted molar refractivity (Wildman–Crippen MR) is 108 cm³/mol. The van der Waals surface area contributed by atoms with Crippen LogP contribution in [0.15, 0.2) is 72.4 Å². The van der Waals surface area contributed by atoms with Crippen LogP contribution in [0, 0.1) is 21.7 Å². The molecule has 8 nitrogen and oxygen atoms in total. The van der Waals surface area contributed by atoms with Crippen molar-refractivity contribution in [1.29, 1.82) is 0 Å². The summed E-state index contributed by atoms with van der Waals surface area (Å²) in [6.45, 7) is 0. The van der Waals surface area contributed by atoms with E-state index in [1.165, 1.54) is 30.5 Å². The summed E-state index contributed by atoms with van der Waals surface area (Å²) in [6, 6.07) is 10.6. The third-order valence-corrected chi connectivity index (χ3v) is 4.91. The van der Waals surface area contributed by atoms with E-state index in [4.69, 9.17) is 0 Å². The van der Waals surface area contributed by atoms with E-state index >= 15 is 0 Å². The Kier molecular flexibility index (Phi) is 5.19. The third-order valence-electron chi connectivity index (χ3n) is 4.91. The van der Waals surface area contributed by atoms with Crippen LogP contribution in [0.1, 0.15) is 17.3 Å². The molecular weight excluding hydrogens is 424 g/mol. The minimum atomic E-state index is -1.35. The molecular formula is C22H13F2N3O5. The van der Waals surface area contributed by atoms with Gasteiger partial charge in [0.2, 0.25) is 0 Å². The SMILES string of the molecule is O=C1C(=O)N(c2ccc(F)cc2F)C(c2ccccn2)/C1=C(\O)c1cccc([N+](=O)[O-])c1. The molecule has 0 saturated carbocycles. The van der Waals surface area contributed by atoms with Gasteiger partial charge in [-0.1, -0.05) is 18.2 Å². The maximum atomic E-state index is 14.6. The molecule has 2 heterocycles. The van der Waals surface area contributed by atoms with E-state index in [0.29, 0.717) is 6.07 Å². The summed E-state index contributed by atoms with van der Waals surface area (Å²) in [5, 5.41) is 22.0. The second kappa shape index (κ2) is 7.99. The number of halogens is 2. The van der Waals surface area contributed by atoms with E-state index in [1.54, 1.807) is 12.1 Å². The summed E-state index contributed by atoms with van der Waals surface area (Å²) in [4.78, 5) is 41.1. The zero-order valence-corrected chi connectivity index (χ0v) is 16.1. The maximum Gasteiger partial charge on any atom is 0.300 e. The monoisotopic (exact) mass is 437 g/mol. The highest BCUT2D eigenvalue weighted by Gasteiger charge is 2.48. The van der Waals surface area contributed by atoms with Crippen molar-refractivity contribution in [2.45, 2.75) is 6.04 Å². The van der Waals surface area contributed by atoms with Crippen LogP contribution >= 0.6 is 0 Å². The number of nitrogens with zero attached hydrogens (tertiary/aromatic N) is 3. The Bertz CT molecular complexity index is 1290. The minimum Gasteiger partial charge on any atom is -0.507 e. The highest BCUT2D eigenvalue weighted by atomic mass is 19.1. The van der Waals surface area contributed by atoms with Gasteiger partial charge < -0.3 is 5.11 Å².